The predicted molar refractivity (Wildman–Crippen MR) is 165 cm³/mol. The first kappa shape index (κ1) is 22.6. The van der Waals surface area contributed by atoms with Gasteiger partial charge in [-0.2, -0.15) is 0 Å². The second-order valence-corrected chi connectivity index (χ2v) is 20.0. The second kappa shape index (κ2) is 8.77. The number of rotatable bonds is 2. The van der Waals surface area contributed by atoms with Gasteiger partial charge in [0.2, 0.25) is 0 Å². The van der Waals surface area contributed by atoms with Gasteiger partial charge in [0, 0.05) is 0 Å². The Balaban J connectivity index is 1.44. The molecule has 0 amide bonds. The third kappa shape index (κ3) is 3.67. The van der Waals surface area contributed by atoms with E-state index in [1.54, 1.807) is 0 Å². The van der Waals surface area contributed by atoms with Crippen molar-refractivity contribution in [1.82, 2.24) is 0 Å². The van der Waals surface area contributed by atoms with E-state index in [4.69, 9.17) is 34.8 Å². The molecule has 0 bridgehead atoms. The number of fused-ring (bicyclic) bond motifs is 6. The first-order valence-electron chi connectivity index (χ1n) is 11.1. The maximum absolute atomic E-state index is 6.87. The van der Waals surface area contributed by atoms with Gasteiger partial charge in [0.15, 0.2) is 0 Å². The van der Waals surface area contributed by atoms with E-state index in [9.17, 15) is 0 Å². The summed E-state index contributed by atoms with van der Waals surface area (Å²) in [5, 5.41) is 2.40. The molecule has 5 heteroatoms. The van der Waals surface area contributed by atoms with E-state index in [1.165, 1.54) is 43.7 Å². The van der Waals surface area contributed by atoms with Crippen LogP contribution in [-0.4, -0.2) is 0 Å². The number of benzene rings is 5. The van der Waals surface area contributed by atoms with Gasteiger partial charge in [-0.25, -0.2) is 0 Å². The number of halogens is 5. The van der Waals surface area contributed by atoms with Crippen LogP contribution in [0.5, 0.6) is 0 Å². The molecule has 2 heterocycles. The Hall–Kier alpha value is -1.57. The average molecular weight is 738 g/mol. The summed E-state index contributed by atoms with van der Waals surface area (Å²) in [6.07, 6.45) is 0. The summed E-state index contributed by atoms with van der Waals surface area (Å²) < 4.78 is 8.59. The Bertz CT molecular complexity index is 1540. The fourth-order valence-electron chi connectivity index (χ4n) is 4.85. The molecular weight excluding hydrogens is 720 g/mol. The molecule has 7 rings (SSSR count). The second-order valence-electron chi connectivity index (χ2n) is 8.36. The van der Waals surface area contributed by atoms with Gasteiger partial charge in [0.1, 0.15) is 0 Å². The van der Waals surface area contributed by atoms with Gasteiger partial charge >= 0.3 is 236 Å². The van der Waals surface area contributed by atoms with Crippen molar-refractivity contribution in [3.05, 3.63) is 140 Å². The first-order valence-corrected chi connectivity index (χ1v) is 18.7. The average Bonchev–Trinajstić information content (AvgIpc) is 3.36. The van der Waals surface area contributed by atoms with Crippen LogP contribution >= 0.6 is 74.4 Å². The summed E-state index contributed by atoms with van der Waals surface area (Å²) in [5.41, 5.74) is 5.21. The molecule has 2 aliphatic rings. The zero-order chi connectivity index (χ0) is 23.7. The van der Waals surface area contributed by atoms with Gasteiger partial charge in [-0.3, -0.25) is 0 Å². The van der Waals surface area contributed by atoms with E-state index in [2.05, 4.69) is 91.0 Å². The molecule has 0 aliphatic carbocycles. The molecule has 0 fully saturated rings. The van der Waals surface area contributed by atoms with Gasteiger partial charge in [-0.15, -0.1) is 0 Å². The molecule has 0 radical (unpaired) electrons. The number of hydrogen-bond donors (Lipinski definition) is 0. The first-order chi connectivity index (χ1) is 17.1. The van der Waals surface area contributed by atoms with Crippen molar-refractivity contribution in [2.24, 2.45) is 0 Å². The topological polar surface area (TPSA) is 0 Å². The van der Waals surface area contributed by atoms with E-state index < -0.39 is 39.6 Å². The summed E-state index contributed by atoms with van der Waals surface area (Å²) in [6.45, 7) is 0. The van der Waals surface area contributed by atoms with Crippen LogP contribution in [0.2, 0.25) is 15.1 Å². The van der Waals surface area contributed by atoms with Crippen LogP contribution in [0.15, 0.2) is 103 Å². The van der Waals surface area contributed by atoms with Crippen LogP contribution in [0.25, 0.3) is 22.3 Å². The fourth-order valence-corrected chi connectivity index (χ4v) is 19.3. The molecule has 0 saturated carbocycles. The third-order valence-electron chi connectivity index (χ3n) is 6.26. The standard InChI is InChI=1S/C30H17Cl3I2/c31-18-9-11-29-25(15-18)23-5-1-3-7-27(23)34(29)21-13-20(33)14-22(17-21)35-28-8-4-2-6-24(28)26-16-19(32)10-12-30(26)35/h1-17H. The van der Waals surface area contributed by atoms with Gasteiger partial charge in [-0.1, -0.05) is 0 Å². The molecule has 5 aromatic carbocycles. The van der Waals surface area contributed by atoms with Gasteiger partial charge < -0.3 is 0 Å². The molecule has 0 aromatic heterocycles. The normalized spacial score (nSPS) is 14.9. The third-order valence-corrected chi connectivity index (χ3v) is 19.1. The summed E-state index contributed by atoms with van der Waals surface area (Å²) >= 11 is 15.9. The van der Waals surface area contributed by atoms with Crippen LogP contribution in [0.1, 0.15) is 0 Å². The van der Waals surface area contributed by atoms with Crippen molar-refractivity contribution in [2.75, 3.05) is 0 Å². The van der Waals surface area contributed by atoms with Crippen LogP contribution in [0.3, 0.4) is 0 Å². The molecule has 0 atom stereocenters. The van der Waals surface area contributed by atoms with E-state index in [0.29, 0.717) is 0 Å². The van der Waals surface area contributed by atoms with Crippen molar-refractivity contribution in [1.29, 1.82) is 0 Å². The molecule has 35 heavy (non-hydrogen) atoms. The molecule has 0 nitrogen and oxygen atoms in total. The summed E-state index contributed by atoms with van der Waals surface area (Å²) in [6, 6.07) is 37.3. The van der Waals surface area contributed by atoms with Gasteiger partial charge in [0.25, 0.3) is 0 Å². The summed E-state index contributed by atoms with van der Waals surface area (Å²) in [7, 11) is 0. The Kier molecular flexibility index (Phi) is 5.67. The molecule has 2 aliphatic heterocycles. The summed E-state index contributed by atoms with van der Waals surface area (Å²) in [5.74, 6) is 0. The van der Waals surface area contributed by atoms with Crippen molar-refractivity contribution in [3.8, 4) is 22.3 Å². The Morgan fingerprint density at radius 2 is 0.800 bits per heavy atom. The zero-order valence-electron chi connectivity index (χ0n) is 18.2. The number of hydrogen-bond acceptors (Lipinski definition) is 0. The van der Waals surface area contributed by atoms with Crippen LogP contribution in [0, 0.1) is 21.4 Å². The SMILES string of the molecule is Clc1cc(I2c3ccccc3-c3cc(Cl)ccc32)cc(I2c3ccccc3-c3cc(Cl)ccc32)c1. The molecule has 0 unspecified atom stereocenters. The Labute approximate surface area is 234 Å². The predicted octanol–water partition coefficient (Wildman–Crippen LogP) is 10.4. The van der Waals surface area contributed by atoms with Crippen molar-refractivity contribution < 1.29 is 0 Å². The van der Waals surface area contributed by atoms with Crippen LogP contribution in [-0.2, 0) is 0 Å². The minimum atomic E-state index is -1.91. The molecule has 0 N–H and O–H groups in total. The van der Waals surface area contributed by atoms with Crippen LogP contribution < -0.4 is 0 Å². The Morgan fingerprint density at radius 1 is 0.371 bits per heavy atom. The molecule has 0 spiro atoms. The van der Waals surface area contributed by atoms with E-state index in [-0.39, 0.29) is 0 Å². The molecule has 5 aromatic rings. The van der Waals surface area contributed by atoms with Crippen molar-refractivity contribution in [2.45, 2.75) is 0 Å². The minimum absolute atomic E-state index is 0.786. The zero-order valence-corrected chi connectivity index (χ0v) is 24.8. The molecular formula is C30H17Cl3I2. The fraction of sp³-hybridized carbons (Fsp3) is 0. The van der Waals surface area contributed by atoms with E-state index >= 15 is 0 Å². The van der Waals surface area contributed by atoms with E-state index in [0.717, 1.165) is 15.1 Å². The maximum atomic E-state index is 6.87. The van der Waals surface area contributed by atoms with Crippen LogP contribution in [0.4, 0.5) is 0 Å². The Morgan fingerprint density at radius 3 is 1.29 bits per heavy atom. The molecule has 172 valence electrons. The van der Waals surface area contributed by atoms with Crippen molar-refractivity contribution >= 4 is 74.4 Å². The van der Waals surface area contributed by atoms with Gasteiger partial charge in [-0.05, 0) is 0 Å². The summed E-state index contributed by atoms with van der Waals surface area (Å²) in [4.78, 5) is 0. The monoisotopic (exact) mass is 736 g/mol. The van der Waals surface area contributed by atoms with Crippen molar-refractivity contribution in [3.63, 3.8) is 0 Å². The quantitative estimate of drug-likeness (QED) is 0.155. The van der Waals surface area contributed by atoms with E-state index in [1.807, 2.05) is 12.1 Å². The molecule has 0 saturated heterocycles. The van der Waals surface area contributed by atoms with Gasteiger partial charge in [0.05, 0.1) is 0 Å².